The van der Waals surface area contributed by atoms with E-state index in [9.17, 15) is 0 Å². The molecule has 1 aliphatic heterocycles. The van der Waals surface area contributed by atoms with Crippen LogP contribution in [0.2, 0.25) is 0 Å². The monoisotopic (exact) mass is 772 g/mol. The summed E-state index contributed by atoms with van der Waals surface area (Å²) >= 11 is 0. The van der Waals surface area contributed by atoms with Crippen LogP contribution in [0.1, 0.15) is 44.5 Å². The third-order valence-corrected chi connectivity index (χ3v) is 14.4. The molecule has 1 nitrogen and oxygen atoms in total. The van der Waals surface area contributed by atoms with E-state index < -0.39 is 10.8 Å². The molecule has 0 bridgehead atoms. The molecule has 282 valence electrons. The molecule has 0 saturated carbocycles. The van der Waals surface area contributed by atoms with Gasteiger partial charge in [0.2, 0.25) is 0 Å². The van der Waals surface area contributed by atoms with Gasteiger partial charge < -0.3 is 4.74 Å². The van der Waals surface area contributed by atoms with Crippen LogP contribution in [0.15, 0.2) is 218 Å². The summed E-state index contributed by atoms with van der Waals surface area (Å²) in [5.41, 5.74) is 22.0. The molecule has 0 fully saturated rings. The van der Waals surface area contributed by atoms with Crippen molar-refractivity contribution in [2.24, 2.45) is 0 Å². The Hall–Kier alpha value is -7.74. The predicted molar refractivity (Wildman–Crippen MR) is 248 cm³/mol. The van der Waals surface area contributed by atoms with Crippen molar-refractivity contribution in [3.63, 3.8) is 0 Å². The maximum absolute atomic E-state index is 7.14. The Balaban J connectivity index is 0.990. The number of hydrogen-bond donors (Lipinski definition) is 0. The van der Waals surface area contributed by atoms with Crippen molar-refractivity contribution >= 4 is 10.8 Å². The first-order chi connectivity index (χ1) is 30.3. The van der Waals surface area contributed by atoms with Gasteiger partial charge in [0.1, 0.15) is 11.5 Å². The first-order valence-electron chi connectivity index (χ1n) is 21.3. The van der Waals surface area contributed by atoms with E-state index in [-0.39, 0.29) is 0 Å². The Morgan fingerprint density at radius 1 is 0.246 bits per heavy atom. The van der Waals surface area contributed by atoms with E-state index in [1.54, 1.807) is 0 Å². The average molecular weight is 773 g/mol. The smallest absolute Gasteiger partial charge is 0.140 e. The normalized spacial score (nSPS) is 14.6. The highest BCUT2D eigenvalue weighted by Gasteiger charge is 2.53. The van der Waals surface area contributed by atoms with Gasteiger partial charge >= 0.3 is 0 Å². The second kappa shape index (κ2) is 11.9. The molecule has 4 aliphatic rings. The number of para-hydroxylation sites is 2. The summed E-state index contributed by atoms with van der Waals surface area (Å²) in [5.74, 6) is 1.82. The van der Waals surface area contributed by atoms with Crippen LogP contribution in [0.25, 0.3) is 66.4 Å². The maximum atomic E-state index is 7.14. The molecule has 0 aromatic heterocycles. The zero-order chi connectivity index (χ0) is 39.9. The molecule has 0 N–H and O–H groups in total. The van der Waals surface area contributed by atoms with Gasteiger partial charge in [0.05, 0.1) is 10.8 Å². The van der Waals surface area contributed by atoms with Crippen LogP contribution < -0.4 is 4.74 Å². The zero-order valence-corrected chi connectivity index (χ0v) is 33.2. The average Bonchev–Trinajstić information content (AvgIpc) is 3.91. The van der Waals surface area contributed by atoms with Gasteiger partial charge in [-0.1, -0.05) is 206 Å². The lowest BCUT2D eigenvalue weighted by molar-refractivity contribution is 0.438. The minimum absolute atomic E-state index is 0.394. The number of fused-ring (bicyclic) bond motifs is 20. The topological polar surface area (TPSA) is 9.23 Å². The van der Waals surface area contributed by atoms with E-state index >= 15 is 0 Å². The van der Waals surface area contributed by atoms with Crippen molar-refractivity contribution < 1.29 is 4.74 Å². The molecule has 61 heavy (non-hydrogen) atoms. The molecule has 0 radical (unpaired) electrons. The second-order valence-electron chi connectivity index (χ2n) is 17.0. The van der Waals surface area contributed by atoms with Crippen molar-refractivity contribution in [2.75, 3.05) is 0 Å². The number of benzene rings is 10. The Labute approximate surface area is 354 Å². The first kappa shape index (κ1) is 33.1. The Morgan fingerprint density at radius 2 is 0.623 bits per heavy atom. The first-order valence-corrected chi connectivity index (χ1v) is 21.3. The summed E-state index contributed by atoms with van der Waals surface area (Å²) in [4.78, 5) is 0. The predicted octanol–water partition coefficient (Wildman–Crippen LogP) is 15.0. The zero-order valence-electron chi connectivity index (χ0n) is 33.2. The van der Waals surface area contributed by atoms with Crippen LogP contribution in [0.5, 0.6) is 11.5 Å². The van der Waals surface area contributed by atoms with Gasteiger partial charge in [-0.15, -0.1) is 0 Å². The molecule has 10 aromatic rings. The van der Waals surface area contributed by atoms with Crippen LogP contribution >= 0.6 is 0 Å². The fraction of sp³-hybridized carbons (Fsp3) is 0.0333. The molecular weight excluding hydrogens is 737 g/mol. The van der Waals surface area contributed by atoms with E-state index in [1.807, 2.05) is 0 Å². The summed E-state index contributed by atoms with van der Waals surface area (Å²) in [6, 6.07) is 81.3. The molecule has 0 saturated heterocycles. The highest BCUT2D eigenvalue weighted by atomic mass is 16.5. The lowest BCUT2D eigenvalue weighted by Gasteiger charge is -2.40. The van der Waals surface area contributed by atoms with Gasteiger partial charge in [-0.2, -0.15) is 0 Å². The van der Waals surface area contributed by atoms with E-state index in [2.05, 4.69) is 218 Å². The lowest BCUT2D eigenvalue weighted by atomic mass is 9.65. The van der Waals surface area contributed by atoms with Crippen LogP contribution in [0, 0.1) is 0 Å². The van der Waals surface area contributed by atoms with Gasteiger partial charge in [-0.25, -0.2) is 0 Å². The van der Waals surface area contributed by atoms with Crippen molar-refractivity contribution in [1.29, 1.82) is 0 Å². The Kier molecular flexibility index (Phi) is 6.48. The molecule has 3 aliphatic carbocycles. The standard InChI is InChI=1S/C60H36O/c1-2-17-40-39(16-1)38(37-32-33-47-46-22-7-10-26-51(46)59(56(47)36-37)49-24-8-3-18-42(49)43-19-4-9-25-50(43)59)34-35-41(40)48-23-15-30-55-58(48)61-57-31-14-13-29-54(57)60(55)52-27-11-5-20-44(52)45-21-6-12-28-53(45)60/h1-36H. The van der Waals surface area contributed by atoms with Crippen LogP contribution in [-0.4, -0.2) is 0 Å². The third kappa shape index (κ3) is 4.02. The summed E-state index contributed by atoms with van der Waals surface area (Å²) < 4.78 is 7.14. The fourth-order valence-electron chi connectivity index (χ4n) is 12.1. The molecule has 1 heteroatoms. The van der Waals surface area contributed by atoms with Crippen LogP contribution in [0.4, 0.5) is 0 Å². The van der Waals surface area contributed by atoms with E-state index in [1.165, 1.54) is 99.8 Å². The van der Waals surface area contributed by atoms with Gasteiger partial charge in [0.15, 0.2) is 0 Å². The Morgan fingerprint density at radius 3 is 1.18 bits per heavy atom. The summed E-state index contributed by atoms with van der Waals surface area (Å²) in [7, 11) is 0. The van der Waals surface area contributed by atoms with Gasteiger partial charge in [-0.3, -0.25) is 0 Å². The molecule has 10 aromatic carbocycles. The van der Waals surface area contributed by atoms with Crippen molar-refractivity contribution in [2.45, 2.75) is 10.8 Å². The van der Waals surface area contributed by atoms with Crippen LogP contribution in [-0.2, 0) is 10.8 Å². The summed E-state index contributed by atoms with van der Waals surface area (Å²) in [6.45, 7) is 0. The van der Waals surface area contributed by atoms with E-state index in [0.717, 1.165) is 22.6 Å². The minimum atomic E-state index is -0.515. The molecular formula is C60H36O. The molecule has 2 spiro atoms. The highest BCUT2D eigenvalue weighted by molar-refractivity contribution is 6.07. The quantitative estimate of drug-likeness (QED) is 0.170. The summed E-state index contributed by atoms with van der Waals surface area (Å²) in [5, 5.41) is 2.42. The maximum Gasteiger partial charge on any atom is 0.140 e. The number of rotatable bonds is 2. The van der Waals surface area contributed by atoms with Crippen molar-refractivity contribution in [3.8, 4) is 67.1 Å². The Bertz CT molecular complexity index is 3420. The molecule has 1 heterocycles. The fourth-order valence-corrected chi connectivity index (χ4v) is 12.1. The van der Waals surface area contributed by atoms with Gasteiger partial charge in [0.25, 0.3) is 0 Å². The molecule has 0 amide bonds. The number of hydrogen-bond acceptors (Lipinski definition) is 1. The summed E-state index contributed by atoms with van der Waals surface area (Å²) in [6.07, 6.45) is 0. The minimum Gasteiger partial charge on any atom is -0.456 e. The van der Waals surface area contributed by atoms with Gasteiger partial charge in [0, 0.05) is 16.7 Å². The highest BCUT2D eigenvalue weighted by Crippen LogP contribution is 2.65. The largest absolute Gasteiger partial charge is 0.456 e. The van der Waals surface area contributed by atoms with E-state index in [4.69, 9.17) is 4.74 Å². The van der Waals surface area contributed by atoms with E-state index in [0.29, 0.717) is 0 Å². The lowest BCUT2D eigenvalue weighted by Crippen LogP contribution is -2.32. The van der Waals surface area contributed by atoms with Gasteiger partial charge in [-0.05, 0) is 106 Å². The SMILES string of the molecule is c1ccc2c(c1)Oc1c(-c3ccc(-c4ccc5c(c4)C4(c6ccccc6-c6ccccc64)c4ccccc4-5)c4ccccc34)cccc1C21c2ccccc2-c2ccccc21. The number of ether oxygens (including phenoxy) is 1. The molecule has 14 rings (SSSR count). The second-order valence-corrected chi connectivity index (χ2v) is 17.0. The van der Waals surface area contributed by atoms with Crippen molar-refractivity contribution in [1.82, 2.24) is 0 Å². The molecule has 0 atom stereocenters. The van der Waals surface area contributed by atoms with Crippen molar-refractivity contribution in [3.05, 3.63) is 263 Å². The third-order valence-electron chi connectivity index (χ3n) is 14.4. The van der Waals surface area contributed by atoms with Crippen LogP contribution in [0.3, 0.4) is 0 Å². The molecule has 0 unspecified atom stereocenters.